The number of hydrogen-bond acceptors (Lipinski definition) is 3. The van der Waals surface area contributed by atoms with Crippen LogP contribution in [0.2, 0.25) is 0 Å². The van der Waals surface area contributed by atoms with Crippen molar-refractivity contribution < 1.29 is 0 Å². The standard InChI is InChI=1S/C14H15ClN2S/c15-9-11-10-16-14(17-5-7-18-8-6-17)13-4-2-1-3-12(11)13/h1-4,10H,5-9H2. The molecule has 0 amide bonds. The Hall–Kier alpha value is -0.930. The number of aromatic nitrogens is 1. The molecule has 0 saturated carbocycles. The zero-order valence-corrected chi connectivity index (χ0v) is 11.7. The number of thioether (sulfide) groups is 1. The highest BCUT2D eigenvalue weighted by atomic mass is 35.5. The van der Waals surface area contributed by atoms with Crippen LogP contribution in [0, 0.1) is 0 Å². The molecule has 0 N–H and O–H groups in total. The smallest absolute Gasteiger partial charge is 0.136 e. The molecule has 0 spiro atoms. The molecule has 0 aliphatic carbocycles. The number of benzene rings is 1. The molecule has 3 rings (SSSR count). The fourth-order valence-corrected chi connectivity index (χ4v) is 3.49. The van der Waals surface area contributed by atoms with E-state index in [1.807, 2.05) is 18.0 Å². The molecule has 1 aliphatic rings. The highest BCUT2D eigenvalue weighted by Gasteiger charge is 2.15. The number of pyridine rings is 1. The fourth-order valence-electron chi connectivity index (χ4n) is 2.37. The van der Waals surface area contributed by atoms with Gasteiger partial charge in [0, 0.05) is 42.1 Å². The van der Waals surface area contributed by atoms with Crippen molar-refractivity contribution in [3.8, 4) is 0 Å². The number of nitrogens with zero attached hydrogens (tertiary/aromatic N) is 2. The Morgan fingerprint density at radius 1 is 1.17 bits per heavy atom. The van der Waals surface area contributed by atoms with Crippen LogP contribution in [0.1, 0.15) is 5.56 Å². The van der Waals surface area contributed by atoms with E-state index in [-0.39, 0.29) is 0 Å². The van der Waals surface area contributed by atoms with Crippen LogP contribution < -0.4 is 4.90 Å². The van der Waals surface area contributed by atoms with Crippen LogP contribution in [0.15, 0.2) is 30.5 Å². The van der Waals surface area contributed by atoms with Gasteiger partial charge in [-0.15, -0.1) is 11.6 Å². The third-order valence-corrected chi connectivity index (χ3v) is 4.54. The molecule has 18 heavy (non-hydrogen) atoms. The van der Waals surface area contributed by atoms with Gasteiger partial charge in [-0.3, -0.25) is 0 Å². The van der Waals surface area contributed by atoms with E-state index in [9.17, 15) is 0 Å². The lowest BCUT2D eigenvalue weighted by molar-refractivity contribution is 0.844. The molecule has 2 heterocycles. The highest BCUT2D eigenvalue weighted by molar-refractivity contribution is 7.99. The molecule has 4 heteroatoms. The van der Waals surface area contributed by atoms with E-state index in [1.54, 1.807) is 0 Å². The number of hydrogen-bond donors (Lipinski definition) is 0. The Balaban J connectivity index is 2.12. The second kappa shape index (κ2) is 5.37. The number of anilines is 1. The summed E-state index contributed by atoms with van der Waals surface area (Å²) in [5, 5.41) is 2.46. The van der Waals surface area contributed by atoms with Gasteiger partial charge in [0.2, 0.25) is 0 Å². The summed E-state index contributed by atoms with van der Waals surface area (Å²) >= 11 is 8.00. The average Bonchev–Trinajstić information content (AvgIpc) is 2.47. The zero-order valence-electron chi connectivity index (χ0n) is 10.1. The van der Waals surface area contributed by atoms with E-state index in [4.69, 9.17) is 11.6 Å². The van der Waals surface area contributed by atoms with E-state index in [2.05, 4.69) is 34.1 Å². The van der Waals surface area contributed by atoms with Gasteiger partial charge < -0.3 is 4.90 Å². The van der Waals surface area contributed by atoms with Crippen molar-refractivity contribution in [2.75, 3.05) is 29.5 Å². The molecule has 0 unspecified atom stereocenters. The minimum atomic E-state index is 0.518. The van der Waals surface area contributed by atoms with Crippen LogP contribution in [0.3, 0.4) is 0 Å². The summed E-state index contributed by atoms with van der Waals surface area (Å²) in [5.74, 6) is 4.00. The van der Waals surface area contributed by atoms with Crippen LogP contribution in [0.25, 0.3) is 10.8 Å². The van der Waals surface area contributed by atoms with Crippen LogP contribution >= 0.6 is 23.4 Å². The van der Waals surface area contributed by atoms with E-state index < -0.39 is 0 Å². The van der Waals surface area contributed by atoms with Crippen molar-refractivity contribution >= 4 is 40.0 Å². The first-order valence-corrected chi connectivity index (χ1v) is 7.84. The molecule has 94 valence electrons. The third-order valence-electron chi connectivity index (χ3n) is 3.31. The van der Waals surface area contributed by atoms with Gasteiger partial charge in [0.1, 0.15) is 5.82 Å². The monoisotopic (exact) mass is 278 g/mol. The summed E-state index contributed by atoms with van der Waals surface area (Å²) in [6.07, 6.45) is 1.92. The molecule has 0 bridgehead atoms. The Labute approximate surface area is 116 Å². The van der Waals surface area contributed by atoms with Crippen LogP contribution in [-0.4, -0.2) is 29.6 Å². The van der Waals surface area contributed by atoms with Gasteiger partial charge in [0.05, 0.1) is 0 Å². The Kier molecular flexibility index (Phi) is 3.62. The Morgan fingerprint density at radius 2 is 1.89 bits per heavy atom. The number of rotatable bonds is 2. The summed E-state index contributed by atoms with van der Waals surface area (Å²) in [6, 6.07) is 8.42. The summed E-state index contributed by atoms with van der Waals surface area (Å²) in [5.41, 5.74) is 1.11. The van der Waals surface area contributed by atoms with E-state index in [0.717, 1.165) is 24.5 Å². The summed E-state index contributed by atoms with van der Waals surface area (Å²) < 4.78 is 0. The van der Waals surface area contributed by atoms with Gasteiger partial charge in [-0.05, 0) is 10.9 Å². The molecule has 1 saturated heterocycles. The first-order chi connectivity index (χ1) is 8.90. The first kappa shape index (κ1) is 12.1. The molecule has 1 aromatic carbocycles. The van der Waals surface area contributed by atoms with Gasteiger partial charge in [-0.1, -0.05) is 24.3 Å². The van der Waals surface area contributed by atoms with Gasteiger partial charge >= 0.3 is 0 Å². The van der Waals surface area contributed by atoms with E-state index in [1.165, 1.54) is 22.3 Å². The molecule has 1 aromatic heterocycles. The maximum atomic E-state index is 5.99. The molecule has 0 atom stereocenters. The lowest BCUT2D eigenvalue weighted by Crippen LogP contribution is -2.33. The van der Waals surface area contributed by atoms with Gasteiger partial charge in [-0.25, -0.2) is 4.98 Å². The number of alkyl halides is 1. The second-order valence-corrected chi connectivity index (χ2v) is 5.88. The topological polar surface area (TPSA) is 16.1 Å². The molecular weight excluding hydrogens is 264 g/mol. The lowest BCUT2D eigenvalue weighted by atomic mass is 10.1. The molecule has 2 nitrogen and oxygen atoms in total. The quantitative estimate of drug-likeness (QED) is 0.782. The van der Waals surface area contributed by atoms with E-state index >= 15 is 0 Å². The van der Waals surface area contributed by atoms with Crippen LogP contribution in [0.5, 0.6) is 0 Å². The third kappa shape index (κ3) is 2.17. The minimum Gasteiger partial charge on any atom is -0.354 e. The molecule has 2 aromatic rings. The molecular formula is C14H15ClN2S. The zero-order chi connectivity index (χ0) is 12.4. The molecule has 0 radical (unpaired) electrons. The highest BCUT2D eigenvalue weighted by Crippen LogP contribution is 2.29. The van der Waals surface area contributed by atoms with Crippen molar-refractivity contribution in [1.29, 1.82) is 0 Å². The fraction of sp³-hybridized carbons (Fsp3) is 0.357. The lowest BCUT2D eigenvalue weighted by Gasteiger charge is -2.28. The maximum absolute atomic E-state index is 5.99. The maximum Gasteiger partial charge on any atom is 0.136 e. The average molecular weight is 279 g/mol. The van der Waals surface area contributed by atoms with Crippen LogP contribution in [-0.2, 0) is 5.88 Å². The first-order valence-electron chi connectivity index (χ1n) is 6.15. The van der Waals surface area contributed by atoms with Gasteiger partial charge in [0.25, 0.3) is 0 Å². The predicted octanol–water partition coefficient (Wildman–Crippen LogP) is 3.53. The molecule has 1 aliphatic heterocycles. The summed E-state index contributed by atoms with van der Waals surface area (Å²) in [6.45, 7) is 2.17. The molecule has 1 fully saturated rings. The number of fused-ring (bicyclic) bond motifs is 1. The van der Waals surface area contributed by atoms with Crippen molar-refractivity contribution in [1.82, 2.24) is 4.98 Å². The Bertz CT molecular complexity index is 552. The van der Waals surface area contributed by atoms with Crippen LogP contribution in [0.4, 0.5) is 5.82 Å². The van der Waals surface area contributed by atoms with Gasteiger partial charge in [0.15, 0.2) is 0 Å². The minimum absolute atomic E-state index is 0.518. The Morgan fingerprint density at radius 3 is 2.61 bits per heavy atom. The summed E-state index contributed by atoms with van der Waals surface area (Å²) in [7, 11) is 0. The largest absolute Gasteiger partial charge is 0.354 e. The SMILES string of the molecule is ClCc1cnc(N2CCSCC2)c2ccccc12. The normalized spacial score (nSPS) is 16.2. The predicted molar refractivity (Wildman–Crippen MR) is 80.8 cm³/mol. The van der Waals surface area contributed by atoms with Gasteiger partial charge in [-0.2, -0.15) is 11.8 Å². The van der Waals surface area contributed by atoms with Crippen molar-refractivity contribution in [3.63, 3.8) is 0 Å². The van der Waals surface area contributed by atoms with Crippen molar-refractivity contribution in [2.45, 2.75) is 5.88 Å². The number of halogens is 1. The van der Waals surface area contributed by atoms with Crippen molar-refractivity contribution in [3.05, 3.63) is 36.0 Å². The van der Waals surface area contributed by atoms with Crippen molar-refractivity contribution in [2.24, 2.45) is 0 Å². The second-order valence-electron chi connectivity index (χ2n) is 4.39. The summed E-state index contributed by atoms with van der Waals surface area (Å²) in [4.78, 5) is 7.02. The van der Waals surface area contributed by atoms with E-state index in [0.29, 0.717) is 5.88 Å².